The van der Waals surface area contributed by atoms with Gasteiger partial charge in [0, 0.05) is 19.8 Å². The lowest BCUT2D eigenvalue weighted by molar-refractivity contribution is -0.132. The summed E-state index contributed by atoms with van der Waals surface area (Å²) in [7, 11) is 1.61. The van der Waals surface area contributed by atoms with E-state index in [1.807, 2.05) is 24.3 Å². The van der Waals surface area contributed by atoms with Gasteiger partial charge in [-0.2, -0.15) is 5.26 Å². The number of methoxy groups -OCH3 is 1. The molecule has 0 aromatic heterocycles. The van der Waals surface area contributed by atoms with Gasteiger partial charge in [0.1, 0.15) is 11.2 Å². The van der Waals surface area contributed by atoms with E-state index in [4.69, 9.17) is 9.47 Å². The second kappa shape index (κ2) is 6.40. The van der Waals surface area contributed by atoms with E-state index >= 15 is 0 Å². The lowest BCUT2D eigenvalue weighted by atomic mass is 9.81. The Labute approximate surface area is 118 Å². The van der Waals surface area contributed by atoms with Crippen molar-refractivity contribution in [2.24, 2.45) is 5.41 Å². The fourth-order valence-corrected chi connectivity index (χ4v) is 2.20. The zero-order valence-corrected chi connectivity index (χ0v) is 11.5. The molecule has 5 heteroatoms. The Bertz CT molecular complexity index is 499. The summed E-state index contributed by atoms with van der Waals surface area (Å²) in [5.41, 5.74) is 0.0318. The molecule has 5 nitrogen and oxygen atoms in total. The van der Waals surface area contributed by atoms with Crippen molar-refractivity contribution < 1.29 is 14.3 Å². The summed E-state index contributed by atoms with van der Waals surface area (Å²) in [6.07, 6.45) is 0.913. The Morgan fingerprint density at radius 2 is 2.05 bits per heavy atom. The van der Waals surface area contributed by atoms with Crippen LogP contribution >= 0.6 is 0 Å². The highest BCUT2D eigenvalue weighted by Crippen LogP contribution is 2.29. The summed E-state index contributed by atoms with van der Waals surface area (Å²) in [5, 5.41) is 12.1. The number of carbonyl (C=O) groups excluding carboxylic acids is 1. The lowest BCUT2D eigenvalue weighted by Crippen LogP contribution is -2.43. The molecule has 0 atom stereocenters. The third-order valence-electron chi connectivity index (χ3n) is 3.61. The first kappa shape index (κ1) is 14.4. The Balaban J connectivity index is 1.95. The number of hydrogen-bond acceptors (Lipinski definition) is 4. The SMILES string of the molecule is COc1ccc(CNC(=O)C2(C#N)CCOCC2)cc1. The maximum atomic E-state index is 12.2. The summed E-state index contributed by atoms with van der Waals surface area (Å²) in [6.45, 7) is 1.33. The molecule has 1 aliphatic heterocycles. The zero-order valence-electron chi connectivity index (χ0n) is 11.5. The van der Waals surface area contributed by atoms with Crippen LogP contribution in [-0.4, -0.2) is 26.2 Å². The molecule has 0 saturated carbocycles. The van der Waals surface area contributed by atoms with Crippen LogP contribution in [0.5, 0.6) is 5.75 Å². The number of carbonyl (C=O) groups is 1. The van der Waals surface area contributed by atoms with Crippen LogP contribution < -0.4 is 10.1 Å². The van der Waals surface area contributed by atoms with Crippen LogP contribution in [0.25, 0.3) is 0 Å². The molecule has 0 bridgehead atoms. The number of benzene rings is 1. The molecular formula is C15H18N2O3. The Morgan fingerprint density at radius 3 is 2.60 bits per heavy atom. The maximum absolute atomic E-state index is 12.2. The first-order chi connectivity index (χ1) is 9.70. The smallest absolute Gasteiger partial charge is 0.240 e. The summed E-state index contributed by atoms with van der Waals surface area (Å²) in [6, 6.07) is 9.63. The van der Waals surface area contributed by atoms with Crippen LogP contribution in [0.3, 0.4) is 0 Å². The highest BCUT2D eigenvalue weighted by Gasteiger charge is 2.40. The van der Waals surface area contributed by atoms with E-state index in [1.165, 1.54) is 0 Å². The molecule has 1 heterocycles. The van der Waals surface area contributed by atoms with Crippen molar-refractivity contribution in [2.75, 3.05) is 20.3 Å². The van der Waals surface area contributed by atoms with Gasteiger partial charge in [0.25, 0.3) is 0 Å². The first-order valence-corrected chi connectivity index (χ1v) is 6.60. The van der Waals surface area contributed by atoms with Gasteiger partial charge in [0.2, 0.25) is 5.91 Å². The summed E-state index contributed by atoms with van der Waals surface area (Å²) in [5.74, 6) is 0.567. The van der Waals surface area contributed by atoms with Crippen molar-refractivity contribution in [3.8, 4) is 11.8 Å². The van der Waals surface area contributed by atoms with Crippen LogP contribution in [0.1, 0.15) is 18.4 Å². The van der Waals surface area contributed by atoms with E-state index < -0.39 is 5.41 Å². The highest BCUT2D eigenvalue weighted by atomic mass is 16.5. The summed E-state index contributed by atoms with van der Waals surface area (Å²) >= 11 is 0. The Hall–Kier alpha value is -2.06. The highest BCUT2D eigenvalue weighted by molar-refractivity contribution is 5.85. The van der Waals surface area contributed by atoms with Gasteiger partial charge in [-0.3, -0.25) is 4.79 Å². The van der Waals surface area contributed by atoms with Gasteiger partial charge in [-0.25, -0.2) is 0 Å². The number of amides is 1. The van der Waals surface area contributed by atoms with Crippen LogP contribution in [0.2, 0.25) is 0 Å². The molecule has 0 spiro atoms. The predicted octanol–water partition coefficient (Wildman–Crippen LogP) is 1.63. The monoisotopic (exact) mass is 274 g/mol. The molecule has 1 aromatic rings. The Kier molecular flexibility index (Phi) is 4.59. The molecule has 1 aliphatic rings. The van der Waals surface area contributed by atoms with Gasteiger partial charge < -0.3 is 14.8 Å². The standard InChI is InChI=1S/C15H18N2O3/c1-19-13-4-2-12(3-5-13)10-17-14(18)15(11-16)6-8-20-9-7-15/h2-5H,6-10H2,1H3,(H,17,18). The number of nitriles is 1. The van der Waals surface area contributed by atoms with E-state index in [-0.39, 0.29) is 5.91 Å². The average molecular weight is 274 g/mol. The lowest BCUT2D eigenvalue weighted by Gasteiger charge is -2.29. The molecule has 106 valence electrons. The van der Waals surface area contributed by atoms with E-state index in [1.54, 1.807) is 7.11 Å². The molecule has 1 N–H and O–H groups in total. The molecule has 0 radical (unpaired) electrons. The number of nitrogens with one attached hydrogen (secondary N) is 1. The molecule has 1 amide bonds. The second-order valence-corrected chi connectivity index (χ2v) is 4.84. The van der Waals surface area contributed by atoms with E-state index in [9.17, 15) is 10.1 Å². The quantitative estimate of drug-likeness (QED) is 0.906. The van der Waals surface area contributed by atoms with Gasteiger partial charge >= 0.3 is 0 Å². The van der Waals surface area contributed by atoms with Gasteiger partial charge in [-0.15, -0.1) is 0 Å². The summed E-state index contributed by atoms with van der Waals surface area (Å²) in [4.78, 5) is 12.2. The first-order valence-electron chi connectivity index (χ1n) is 6.60. The predicted molar refractivity (Wildman–Crippen MR) is 72.9 cm³/mol. The van der Waals surface area contributed by atoms with Gasteiger partial charge in [-0.05, 0) is 30.5 Å². The fraction of sp³-hybridized carbons (Fsp3) is 0.467. The normalized spacial score (nSPS) is 17.0. The molecular weight excluding hydrogens is 256 g/mol. The van der Waals surface area contributed by atoms with Crippen LogP contribution in [-0.2, 0) is 16.1 Å². The van der Waals surface area contributed by atoms with Gasteiger partial charge in [0.05, 0.1) is 13.2 Å². The molecule has 1 saturated heterocycles. The van der Waals surface area contributed by atoms with Crippen molar-refractivity contribution in [2.45, 2.75) is 19.4 Å². The number of nitrogens with zero attached hydrogens (tertiary/aromatic N) is 1. The minimum absolute atomic E-state index is 0.209. The van der Waals surface area contributed by atoms with E-state index in [2.05, 4.69) is 11.4 Å². The van der Waals surface area contributed by atoms with Gasteiger partial charge in [-0.1, -0.05) is 12.1 Å². The van der Waals surface area contributed by atoms with Crippen LogP contribution in [0.15, 0.2) is 24.3 Å². The van der Waals surface area contributed by atoms with Crippen molar-refractivity contribution in [3.05, 3.63) is 29.8 Å². The molecule has 1 aromatic carbocycles. The van der Waals surface area contributed by atoms with Crippen molar-refractivity contribution in [1.29, 1.82) is 5.26 Å². The zero-order chi connectivity index (χ0) is 14.4. The Morgan fingerprint density at radius 1 is 1.40 bits per heavy atom. The minimum atomic E-state index is -0.940. The molecule has 1 fully saturated rings. The number of rotatable bonds is 4. The topological polar surface area (TPSA) is 71.3 Å². The third kappa shape index (κ3) is 3.09. The molecule has 0 aliphatic carbocycles. The van der Waals surface area contributed by atoms with Crippen LogP contribution in [0, 0.1) is 16.7 Å². The fourth-order valence-electron chi connectivity index (χ4n) is 2.20. The second-order valence-electron chi connectivity index (χ2n) is 4.84. The number of hydrogen-bond donors (Lipinski definition) is 1. The number of ether oxygens (including phenoxy) is 2. The van der Waals surface area contributed by atoms with Gasteiger partial charge in [0.15, 0.2) is 0 Å². The maximum Gasteiger partial charge on any atom is 0.240 e. The van der Waals surface area contributed by atoms with Crippen molar-refractivity contribution >= 4 is 5.91 Å². The average Bonchev–Trinajstić information content (AvgIpc) is 2.53. The van der Waals surface area contributed by atoms with Crippen molar-refractivity contribution in [1.82, 2.24) is 5.32 Å². The molecule has 0 unspecified atom stereocenters. The van der Waals surface area contributed by atoms with Crippen molar-refractivity contribution in [3.63, 3.8) is 0 Å². The minimum Gasteiger partial charge on any atom is -0.497 e. The van der Waals surface area contributed by atoms with E-state index in [0.29, 0.717) is 32.6 Å². The molecule has 20 heavy (non-hydrogen) atoms. The summed E-state index contributed by atoms with van der Waals surface area (Å²) < 4.78 is 10.3. The largest absolute Gasteiger partial charge is 0.497 e. The molecule has 2 rings (SSSR count). The van der Waals surface area contributed by atoms with Crippen LogP contribution in [0.4, 0.5) is 0 Å². The van der Waals surface area contributed by atoms with E-state index in [0.717, 1.165) is 11.3 Å². The third-order valence-corrected chi connectivity index (χ3v) is 3.61.